The zero-order valence-electron chi connectivity index (χ0n) is 13.4. The minimum atomic E-state index is -0.808. The van der Waals surface area contributed by atoms with Crippen molar-refractivity contribution < 1.29 is 33.3 Å². The van der Waals surface area contributed by atoms with Gasteiger partial charge in [0.15, 0.2) is 5.76 Å². The molecule has 0 saturated carbocycles. The predicted octanol–water partition coefficient (Wildman–Crippen LogP) is 3.15. The largest absolute Gasteiger partial charge is 0.502 e. The number of rotatable bonds is 5. The van der Waals surface area contributed by atoms with E-state index >= 15 is 0 Å². The third-order valence-electron chi connectivity index (χ3n) is 2.91. The summed E-state index contributed by atoms with van der Waals surface area (Å²) in [6, 6.07) is 6.69. The van der Waals surface area contributed by atoms with Gasteiger partial charge in [0.05, 0.1) is 13.7 Å². The van der Waals surface area contributed by atoms with Crippen LogP contribution in [0.2, 0.25) is 0 Å². The number of anilines is 1. The van der Waals surface area contributed by atoms with Gasteiger partial charge in [0.1, 0.15) is 5.75 Å². The Labute approximate surface area is 137 Å². The van der Waals surface area contributed by atoms with Crippen molar-refractivity contribution in [3.8, 4) is 28.6 Å². The van der Waals surface area contributed by atoms with E-state index in [0.29, 0.717) is 11.3 Å². The van der Waals surface area contributed by atoms with Crippen LogP contribution < -0.4 is 14.8 Å². The number of esters is 1. The molecule has 0 aliphatic heterocycles. The molecule has 1 heterocycles. The molecule has 0 saturated heterocycles. The van der Waals surface area contributed by atoms with E-state index in [9.17, 15) is 14.7 Å². The molecule has 1 aromatic heterocycles. The van der Waals surface area contributed by atoms with Crippen LogP contribution in [0.15, 0.2) is 28.7 Å². The van der Waals surface area contributed by atoms with E-state index in [-0.39, 0.29) is 24.0 Å². The second kappa shape index (κ2) is 7.40. The first-order chi connectivity index (χ1) is 11.5. The number of aromatic hydroxyl groups is 1. The molecule has 8 heteroatoms. The lowest BCUT2D eigenvalue weighted by molar-refractivity contribution is -0.132. The maximum atomic E-state index is 11.6. The SMILES string of the molecule is CCOC(=O)Nc1oc(-c2cccc(OC)c2)c(O)c1OC(C)=O. The number of amides is 1. The van der Waals surface area contributed by atoms with Gasteiger partial charge in [-0.15, -0.1) is 0 Å². The maximum Gasteiger partial charge on any atom is 0.414 e. The normalized spacial score (nSPS) is 10.1. The Hall–Kier alpha value is -3.16. The minimum absolute atomic E-state index is 0.0111. The summed E-state index contributed by atoms with van der Waals surface area (Å²) in [5, 5.41) is 12.6. The molecule has 0 aliphatic carbocycles. The molecule has 1 amide bonds. The molecule has 2 rings (SSSR count). The average molecular weight is 335 g/mol. The first-order valence-corrected chi connectivity index (χ1v) is 7.08. The first-order valence-electron chi connectivity index (χ1n) is 7.08. The highest BCUT2D eigenvalue weighted by atomic mass is 16.6. The second-order valence-electron chi connectivity index (χ2n) is 4.61. The molecule has 0 bridgehead atoms. The van der Waals surface area contributed by atoms with Crippen LogP contribution >= 0.6 is 0 Å². The van der Waals surface area contributed by atoms with Gasteiger partial charge in [-0.2, -0.15) is 0 Å². The smallest absolute Gasteiger partial charge is 0.414 e. The Bertz CT molecular complexity index is 751. The Morgan fingerprint density at radius 2 is 2.08 bits per heavy atom. The fourth-order valence-electron chi connectivity index (χ4n) is 1.95. The van der Waals surface area contributed by atoms with Gasteiger partial charge in [-0.1, -0.05) is 12.1 Å². The van der Waals surface area contributed by atoms with Crippen molar-refractivity contribution in [2.45, 2.75) is 13.8 Å². The molecule has 0 atom stereocenters. The van der Waals surface area contributed by atoms with E-state index in [4.69, 9.17) is 18.6 Å². The van der Waals surface area contributed by atoms with Gasteiger partial charge in [0, 0.05) is 12.5 Å². The molecule has 0 spiro atoms. The molecule has 8 nitrogen and oxygen atoms in total. The molecule has 0 radical (unpaired) electrons. The highest BCUT2D eigenvalue weighted by Crippen LogP contribution is 2.46. The van der Waals surface area contributed by atoms with Crippen LogP contribution in [0.25, 0.3) is 11.3 Å². The highest BCUT2D eigenvalue weighted by molar-refractivity contribution is 5.89. The van der Waals surface area contributed by atoms with Crippen LogP contribution in [0.3, 0.4) is 0 Å². The molecule has 2 N–H and O–H groups in total. The molecule has 0 aliphatic rings. The van der Waals surface area contributed by atoms with Gasteiger partial charge >= 0.3 is 12.1 Å². The maximum absolute atomic E-state index is 11.6. The topological polar surface area (TPSA) is 107 Å². The van der Waals surface area contributed by atoms with E-state index in [1.807, 2.05) is 0 Å². The van der Waals surface area contributed by atoms with Gasteiger partial charge in [-0.3, -0.25) is 10.1 Å². The molecule has 128 valence electrons. The summed E-state index contributed by atoms with van der Waals surface area (Å²) < 4.78 is 20.2. The van der Waals surface area contributed by atoms with Crippen molar-refractivity contribution in [2.24, 2.45) is 0 Å². The summed E-state index contributed by atoms with van der Waals surface area (Å²) in [7, 11) is 1.50. The van der Waals surface area contributed by atoms with E-state index in [1.165, 1.54) is 7.11 Å². The van der Waals surface area contributed by atoms with Crippen molar-refractivity contribution in [3.05, 3.63) is 24.3 Å². The van der Waals surface area contributed by atoms with E-state index in [0.717, 1.165) is 6.92 Å². The summed E-state index contributed by atoms with van der Waals surface area (Å²) in [5.41, 5.74) is 0.470. The summed E-state index contributed by atoms with van der Waals surface area (Å²) in [6.45, 7) is 2.93. The fraction of sp³-hybridized carbons (Fsp3) is 0.250. The zero-order chi connectivity index (χ0) is 17.7. The Balaban J connectivity index is 2.46. The van der Waals surface area contributed by atoms with Crippen LogP contribution in [0.5, 0.6) is 17.2 Å². The van der Waals surface area contributed by atoms with Gasteiger partial charge in [0.25, 0.3) is 5.88 Å². The fourth-order valence-corrected chi connectivity index (χ4v) is 1.95. The van der Waals surface area contributed by atoms with Crippen LogP contribution in [-0.2, 0) is 9.53 Å². The molecule has 1 aromatic carbocycles. The molecule has 24 heavy (non-hydrogen) atoms. The summed E-state index contributed by atoms with van der Waals surface area (Å²) >= 11 is 0. The van der Waals surface area contributed by atoms with E-state index in [1.54, 1.807) is 31.2 Å². The number of furan rings is 1. The van der Waals surface area contributed by atoms with Gasteiger partial charge < -0.3 is 23.7 Å². The number of carbonyl (C=O) groups excluding carboxylic acids is 2. The Kier molecular flexibility index (Phi) is 5.31. The lowest BCUT2D eigenvalue weighted by atomic mass is 10.1. The lowest BCUT2D eigenvalue weighted by Gasteiger charge is -2.04. The van der Waals surface area contributed by atoms with Gasteiger partial charge in [-0.25, -0.2) is 4.79 Å². The van der Waals surface area contributed by atoms with Crippen LogP contribution in [0.4, 0.5) is 10.7 Å². The molecular formula is C16H17NO7. The van der Waals surface area contributed by atoms with Crippen LogP contribution in [-0.4, -0.2) is 30.9 Å². The van der Waals surface area contributed by atoms with Crippen LogP contribution in [0.1, 0.15) is 13.8 Å². The third kappa shape index (κ3) is 3.78. The predicted molar refractivity (Wildman–Crippen MR) is 84.3 cm³/mol. The number of benzene rings is 1. The molecule has 0 fully saturated rings. The lowest BCUT2D eigenvalue weighted by Crippen LogP contribution is -2.14. The highest BCUT2D eigenvalue weighted by Gasteiger charge is 2.26. The molecule has 2 aromatic rings. The average Bonchev–Trinajstić information content (AvgIpc) is 2.84. The minimum Gasteiger partial charge on any atom is -0.502 e. The van der Waals surface area contributed by atoms with Crippen molar-refractivity contribution in [2.75, 3.05) is 19.0 Å². The number of nitrogens with one attached hydrogen (secondary N) is 1. The number of hydrogen-bond donors (Lipinski definition) is 2. The monoisotopic (exact) mass is 335 g/mol. The zero-order valence-corrected chi connectivity index (χ0v) is 13.4. The number of hydrogen-bond acceptors (Lipinski definition) is 7. The number of ether oxygens (including phenoxy) is 3. The summed E-state index contributed by atoms with van der Waals surface area (Å²) in [6.07, 6.45) is -0.808. The number of carbonyl (C=O) groups is 2. The first kappa shape index (κ1) is 17.2. The van der Waals surface area contributed by atoms with Crippen molar-refractivity contribution in [1.82, 2.24) is 0 Å². The summed E-state index contributed by atoms with van der Waals surface area (Å²) in [4.78, 5) is 22.8. The molecular weight excluding hydrogens is 318 g/mol. The van der Waals surface area contributed by atoms with Gasteiger partial charge in [-0.05, 0) is 19.1 Å². The van der Waals surface area contributed by atoms with Crippen molar-refractivity contribution >= 4 is 17.9 Å². The quantitative estimate of drug-likeness (QED) is 0.808. The standard InChI is InChI=1S/C16H17NO7/c1-4-22-16(20)17-15-14(23-9(2)18)12(19)13(24-15)10-6-5-7-11(8-10)21-3/h5-8,19H,4H2,1-3H3,(H,17,20). The van der Waals surface area contributed by atoms with Gasteiger partial charge in [0.2, 0.25) is 11.5 Å². The van der Waals surface area contributed by atoms with E-state index < -0.39 is 17.8 Å². The van der Waals surface area contributed by atoms with Crippen LogP contribution in [0, 0.1) is 0 Å². The van der Waals surface area contributed by atoms with Crippen molar-refractivity contribution in [1.29, 1.82) is 0 Å². The second-order valence-corrected chi connectivity index (χ2v) is 4.61. The Morgan fingerprint density at radius 1 is 1.33 bits per heavy atom. The third-order valence-corrected chi connectivity index (χ3v) is 2.91. The summed E-state index contributed by atoms with van der Waals surface area (Å²) in [5.74, 6) is -1.10. The van der Waals surface area contributed by atoms with Crippen molar-refractivity contribution in [3.63, 3.8) is 0 Å². The Morgan fingerprint density at radius 3 is 2.71 bits per heavy atom. The van der Waals surface area contributed by atoms with E-state index in [2.05, 4.69) is 5.32 Å². The molecule has 0 unspecified atom stereocenters. The number of methoxy groups -OCH3 is 1.